The number of anilines is 5. The molecule has 0 bridgehead atoms. The number of nitrogens with zero attached hydrogens (tertiary/aromatic N) is 3. The number of aromatic hydroxyl groups is 1. The molecule has 4 rings (SSSR count). The Bertz CT molecular complexity index is 1090. The number of phenolic OH excluding ortho intramolecular Hbond substituents is 1. The largest absolute Gasteiger partial charge is 0.508 e. The number of aromatic nitrogens is 2. The van der Waals surface area contributed by atoms with Crippen molar-refractivity contribution in [2.45, 2.75) is 6.54 Å². The second kappa shape index (κ2) is 8.21. The van der Waals surface area contributed by atoms with E-state index in [1.807, 2.05) is 18.2 Å². The number of phenols is 1. The predicted octanol–water partition coefficient (Wildman–Crippen LogP) is 2.81. The summed E-state index contributed by atoms with van der Waals surface area (Å²) in [5.41, 5.74) is 6.12. The van der Waals surface area contributed by atoms with E-state index in [1.54, 1.807) is 17.1 Å². The number of fused-ring (bicyclic) bond motifs is 1. The van der Waals surface area contributed by atoms with Crippen LogP contribution >= 0.6 is 0 Å². The Morgan fingerprint density at radius 2 is 2.10 bits per heavy atom. The number of methoxy groups -OCH3 is 1. The van der Waals surface area contributed by atoms with Crippen molar-refractivity contribution in [3.05, 3.63) is 60.0 Å². The number of hydrogen-bond donors (Lipinski definition) is 4. The van der Waals surface area contributed by atoms with Gasteiger partial charge >= 0.3 is 5.97 Å². The van der Waals surface area contributed by atoms with E-state index < -0.39 is 5.82 Å². The minimum Gasteiger partial charge on any atom is -0.508 e. The van der Waals surface area contributed by atoms with E-state index >= 15 is 0 Å². The van der Waals surface area contributed by atoms with Crippen LogP contribution in [0.5, 0.6) is 5.75 Å². The molecule has 0 saturated carbocycles. The molecule has 0 spiro atoms. The van der Waals surface area contributed by atoms with Gasteiger partial charge < -0.3 is 20.5 Å². The van der Waals surface area contributed by atoms with E-state index in [4.69, 9.17) is 4.74 Å². The summed E-state index contributed by atoms with van der Waals surface area (Å²) >= 11 is 0. The van der Waals surface area contributed by atoms with Gasteiger partial charge in [0.2, 0.25) is 5.95 Å². The maximum Gasteiger partial charge on any atom is 0.326 e. The van der Waals surface area contributed by atoms with Crippen molar-refractivity contribution < 1.29 is 19.0 Å². The highest BCUT2D eigenvalue weighted by atomic mass is 19.1. The fraction of sp³-hybridized carbons (Fsp3) is 0.150. The molecule has 10 heteroatoms. The summed E-state index contributed by atoms with van der Waals surface area (Å²) in [7, 11) is 1.34. The molecule has 0 amide bonds. The molecule has 0 radical (unpaired) electrons. The minimum absolute atomic E-state index is 0.0340. The first-order chi connectivity index (χ1) is 14.5. The Morgan fingerprint density at radius 3 is 2.90 bits per heavy atom. The molecular weight excluding hydrogens is 391 g/mol. The van der Waals surface area contributed by atoms with Crippen LogP contribution in [0.3, 0.4) is 0 Å². The lowest BCUT2D eigenvalue weighted by Crippen LogP contribution is -2.37. The molecule has 0 fully saturated rings. The Morgan fingerprint density at radius 1 is 1.27 bits per heavy atom. The van der Waals surface area contributed by atoms with E-state index in [0.29, 0.717) is 17.9 Å². The Hall–Kier alpha value is -3.92. The third kappa shape index (κ3) is 4.23. The van der Waals surface area contributed by atoms with Crippen LogP contribution in [0, 0.1) is 5.82 Å². The number of benzene rings is 2. The van der Waals surface area contributed by atoms with Crippen molar-refractivity contribution in [2.24, 2.45) is 0 Å². The number of hydrazine groups is 1. The highest BCUT2D eigenvalue weighted by molar-refractivity contribution is 5.78. The molecule has 0 atom stereocenters. The molecule has 0 unspecified atom stereocenters. The maximum atomic E-state index is 14.1. The second-order valence-electron chi connectivity index (χ2n) is 6.53. The van der Waals surface area contributed by atoms with Crippen molar-refractivity contribution in [2.75, 3.05) is 29.3 Å². The van der Waals surface area contributed by atoms with Crippen LogP contribution in [0.25, 0.3) is 0 Å². The lowest BCUT2D eigenvalue weighted by atomic mass is 10.1. The number of hydrogen-bond acceptors (Lipinski definition) is 9. The van der Waals surface area contributed by atoms with Crippen molar-refractivity contribution >= 4 is 34.8 Å². The standard InChI is InChI=1S/C20H19FN6O3/c1-30-18(29)11-27-17-8-14(6-5-12(17)9-23-27)25-20-22-10-16(21)19(26-20)24-13-3-2-4-15(28)7-13/h2-8,10,23,28H,9,11H2,1H3,(H2,22,24,25,26). The van der Waals surface area contributed by atoms with Gasteiger partial charge in [-0.3, -0.25) is 9.80 Å². The molecule has 3 aromatic rings. The zero-order valence-electron chi connectivity index (χ0n) is 16.0. The van der Waals surface area contributed by atoms with Gasteiger partial charge in [0, 0.05) is 24.0 Å². The van der Waals surface area contributed by atoms with Gasteiger partial charge in [-0.15, -0.1) is 0 Å². The number of rotatable bonds is 6. The Kier molecular flexibility index (Phi) is 5.31. The van der Waals surface area contributed by atoms with Crippen LogP contribution in [0.15, 0.2) is 48.7 Å². The summed E-state index contributed by atoms with van der Waals surface area (Å²) in [5.74, 6) is -0.793. The summed E-state index contributed by atoms with van der Waals surface area (Å²) in [6.07, 6.45) is 1.05. The molecule has 1 aromatic heterocycles. The van der Waals surface area contributed by atoms with Gasteiger partial charge in [0.1, 0.15) is 12.3 Å². The van der Waals surface area contributed by atoms with Crippen molar-refractivity contribution in [3.8, 4) is 5.75 Å². The first-order valence-electron chi connectivity index (χ1n) is 9.08. The van der Waals surface area contributed by atoms with E-state index in [1.165, 1.54) is 19.2 Å². The highest BCUT2D eigenvalue weighted by Crippen LogP contribution is 2.30. The van der Waals surface area contributed by atoms with Gasteiger partial charge in [0.15, 0.2) is 11.6 Å². The Labute approximate surface area is 171 Å². The van der Waals surface area contributed by atoms with Crippen molar-refractivity contribution in [1.29, 1.82) is 0 Å². The van der Waals surface area contributed by atoms with E-state index in [2.05, 4.69) is 26.0 Å². The summed E-state index contributed by atoms with van der Waals surface area (Å²) < 4.78 is 18.9. The molecule has 9 nitrogen and oxygen atoms in total. The number of halogens is 1. The van der Waals surface area contributed by atoms with E-state index in [0.717, 1.165) is 17.4 Å². The van der Waals surface area contributed by atoms with Gasteiger partial charge in [-0.25, -0.2) is 14.8 Å². The molecule has 2 aromatic carbocycles. The minimum atomic E-state index is -0.633. The van der Waals surface area contributed by atoms with Crippen LogP contribution in [-0.2, 0) is 16.1 Å². The lowest BCUT2D eigenvalue weighted by Gasteiger charge is -2.18. The Balaban J connectivity index is 1.54. The predicted molar refractivity (Wildman–Crippen MR) is 109 cm³/mol. The molecule has 0 aliphatic carbocycles. The molecular formula is C20H19FN6O3. The monoisotopic (exact) mass is 410 g/mol. The second-order valence-corrected chi connectivity index (χ2v) is 6.53. The fourth-order valence-electron chi connectivity index (χ4n) is 3.01. The zero-order chi connectivity index (χ0) is 21.1. The van der Waals surface area contributed by atoms with Crippen LogP contribution in [0.4, 0.5) is 33.2 Å². The van der Waals surface area contributed by atoms with E-state index in [-0.39, 0.29) is 30.0 Å². The van der Waals surface area contributed by atoms with Gasteiger partial charge in [-0.05, 0) is 29.8 Å². The van der Waals surface area contributed by atoms with Crippen LogP contribution in [-0.4, -0.2) is 34.7 Å². The first-order valence-corrected chi connectivity index (χ1v) is 9.08. The van der Waals surface area contributed by atoms with Crippen molar-refractivity contribution in [1.82, 2.24) is 15.4 Å². The van der Waals surface area contributed by atoms with Crippen LogP contribution < -0.4 is 21.1 Å². The number of esters is 1. The zero-order valence-corrected chi connectivity index (χ0v) is 16.0. The molecule has 154 valence electrons. The SMILES string of the molecule is COC(=O)CN1NCc2ccc(Nc3ncc(F)c(Nc4cccc(O)c4)n3)cc21. The van der Waals surface area contributed by atoms with Crippen LogP contribution in [0.2, 0.25) is 0 Å². The number of carbonyl (C=O) groups excluding carboxylic acids is 1. The maximum absolute atomic E-state index is 14.1. The smallest absolute Gasteiger partial charge is 0.326 e. The number of ether oxygens (including phenoxy) is 1. The van der Waals surface area contributed by atoms with Gasteiger partial charge in [0.05, 0.1) is 19.0 Å². The number of carbonyl (C=O) groups is 1. The normalized spacial score (nSPS) is 12.4. The third-order valence-electron chi connectivity index (χ3n) is 4.46. The average molecular weight is 410 g/mol. The third-order valence-corrected chi connectivity index (χ3v) is 4.46. The van der Waals surface area contributed by atoms with Gasteiger partial charge in [-0.2, -0.15) is 4.98 Å². The molecule has 1 aliphatic heterocycles. The highest BCUT2D eigenvalue weighted by Gasteiger charge is 2.21. The molecule has 4 N–H and O–H groups in total. The topological polar surface area (TPSA) is 112 Å². The van der Waals surface area contributed by atoms with E-state index in [9.17, 15) is 14.3 Å². The van der Waals surface area contributed by atoms with Crippen molar-refractivity contribution in [3.63, 3.8) is 0 Å². The van der Waals surface area contributed by atoms with Crippen LogP contribution in [0.1, 0.15) is 5.56 Å². The quantitative estimate of drug-likeness (QED) is 0.456. The van der Waals surface area contributed by atoms with Gasteiger partial charge in [0.25, 0.3) is 0 Å². The summed E-state index contributed by atoms with van der Waals surface area (Å²) in [6, 6.07) is 11.9. The summed E-state index contributed by atoms with van der Waals surface area (Å²) in [4.78, 5) is 19.7. The average Bonchev–Trinajstić information content (AvgIpc) is 3.12. The molecule has 2 heterocycles. The summed E-state index contributed by atoms with van der Waals surface area (Å²) in [5, 5.41) is 17.1. The molecule has 30 heavy (non-hydrogen) atoms. The van der Waals surface area contributed by atoms with Gasteiger partial charge in [-0.1, -0.05) is 12.1 Å². The molecule has 0 saturated heterocycles. The number of nitrogens with one attached hydrogen (secondary N) is 3. The lowest BCUT2D eigenvalue weighted by molar-refractivity contribution is -0.139. The molecule has 1 aliphatic rings. The first kappa shape index (κ1) is 19.4. The summed E-state index contributed by atoms with van der Waals surface area (Å²) in [6.45, 7) is 0.662. The fourth-order valence-corrected chi connectivity index (χ4v) is 3.01.